The number of benzene rings is 2. The molecule has 0 aliphatic carbocycles. The number of hydrogen-bond donors (Lipinski definition) is 2. The lowest BCUT2D eigenvalue weighted by Crippen LogP contribution is -2.43. The molecule has 1 aromatic heterocycles. The van der Waals surface area contributed by atoms with E-state index in [-0.39, 0.29) is 5.56 Å². The summed E-state index contributed by atoms with van der Waals surface area (Å²) in [6.07, 6.45) is 3.77. The second-order valence-electron chi connectivity index (χ2n) is 6.29. The number of aromatic nitrogens is 1. The van der Waals surface area contributed by atoms with E-state index in [0.29, 0.717) is 17.1 Å². The highest BCUT2D eigenvalue weighted by Crippen LogP contribution is 2.27. The zero-order valence-corrected chi connectivity index (χ0v) is 17.0. The number of hydrazine groups is 1. The molecule has 2 amide bonds. The number of carbonyl (C=O) groups excluding carboxylic acids is 3. The highest BCUT2D eigenvalue weighted by molar-refractivity contribution is 5.96. The van der Waals surface area contributed by atoms with Crippen LogP contribution in [0.2, 0.25) is 0 Å². The Balaban J connectivity index is 1.47. The van der Waals surface area contributed by atoms with Crippen LogP contribution in [0.15, 0.2) is 67.0 Å². The van der Waals surface area contributed by atoms with E-state index in [1.165, 1.54) is 26.4 Å². The SMILES string of the molecule is COc1ccc(C(=O)NNC(=O)COC(=O)c2ccc(-n3cccc3)cc2)cc1OC. The number of nitrogens with one attached hydrogen (secondary N) is 2. The van der Waals surface area contributed by atoms with Crippen molar-refractivity contribution in [1.29, 1.82) is 0 Å². The summed E-state index contributed by atoms with van der Waals surface area (Å²) in [6.45, 7) is -0.551. The van der Waals surface area contributed by atoms with Crippen LogP contribution in [0.4, 0.5) is 0 Å². The van der Waals surface area contributed by atoms with Gasteiger partial charge in [0.25, 0.3) is 11.8 Å². The van der Waals surface area contributed by atoms with Crippen molar-refractivity contribution in [1.82, 2.24) is 15.4 Å². The number of esters is 1. The minimum Gasteiger partial charge on any atom is -0.493 e. The molecule has 0 saturated heterocycles. The van der Waals surface area contributed by atoms with Gasteiger partial charge in [-0.1, -0.05) is 0 Å². The Labute approximate surface area is 178 Å². The lowest BCUT2D eigenvalue weighted by atomic mass is 10.2. The standard InChI is InChI=1S/C22H21N3O6/c1-29-18-10-7-16(13-19(18)30-2)21(27)24-23-20(26)14-31-22(28)15-5-8-17(9-6-15)25-11-3-4-12-25/h3-13H,14H2,1-2H3,(H,23,26)(H,24,27). The van der Waals surface area contributed by atoms with Gasteiger partial charge in [0.15, 0.2) is 18.1 Å². The molecule has 3 rings (SSSR count). The molecular formula is C22H21N3O6. The fourth-order valence-corrected chi connectivity index (χ4v) is 2.70. The van der Waals surface area contributed by atoms with Crippen LogP contribution >= 0.6 is 0 Å². The normalized spacial score (nSPS) is 10.1. The van der Waals surface area contributed by atoms with E-state index in [9.17, 15) is 14.4 Å². The van der Waals surface area contributed by atoms with Crippen molar-refractivity contribution in [2.45, 2.75) is 0 Å². The topological polar surface area (TPSA) is 108 Å². The fourth-order valence-electron chi connectivity index (χ4n) is 2.70. The molecule has 9 heteroatoms. The molecule has 0 fully saturated rings. The second kappa shape index (κ2) is 9.97. The van der Waals surface area contributed by atoms with Crippen LogP contribution < -0.4 is 20.3 Å². The predicted molar refractivity (Wildman–Crippen MR) is 111 cm³/mol. The number of methoxy groups -OCH3 is 2. The summed E-state index contributed by atoms with van der Waals surface area (Å²) in [7, 11) is 2.93. The molecule has 2 aromatic carbocycles. The van der Waals surface area contributed by atoms with Crippen LogP contribution in [-0.4, -0.2) is 43.2 Å². The van der Waals surface area contributed by atoms with E-state index < -0.39 is 24.4 Å². The Morgan fingerprint density at radius 3 is 2.13 bits per heavy atom. The summed E-state index contributed by atoms with van der Waals surface area (Å²) in [5.74, 6) is -1.07. The van der Waals surface area contributed by atoms with Gasteiger partial charge in [-0.3, -0.25) is 20.4 Å². The zero-order chi connectivity index (χ0) is 22.2. The summed E-state index contributed by atoms with van der Waals surface area (Å²) in [5.41, 5.74) is 5.87. The van der Waals surface area contributed by atoms with Gasteiger partial charge in [-0.25, -0.2) is 4.79 Å². The van der Waals surface area contributed by atoms with Gasteiger partial charge in [0.2, 0.25) is 0 Å². The third-order valence-corrected chi connectivity index (χ3v) is 4.30. The molecule has 0 bridgehead atoms. The van der Waals surface area contributed by atoms with Gasteiger partial charge in [0.1, 0.15) is 0 Å². The van der Waals surface area contributed by atoms with Gasteiger partial charge in [-0.2, -0.15) is 0 Å². The molecule has 0 saturated carbocycles. The van der Waals surface area contributed by atoms with Crippen LogP contribution in [0.1, 0.15) is 20.7 Å². The molecule has 0 radical (unpaired) electrons. The molecular weight excluding hydrogens is 402 g/mol. The Morgan fingerprint density at radius 2 is 1.48 bits per heavy atom. The average Bonchev–Trinajstić information content (AvgIpc) is 3.35. The van der Waals surface area contributed by atoms with Gasteiger partial charge in [0.05, 0.1) is 19.8 Å². The van der Waals surface area contributed by atoms with Crippen molar-refractivity contribution in [3.8, 4) is 17.2 Å². The average molecular weight is 423 g/mol. The summed E-state index contributed by atoms with van der Waals surface area (Å²) in [6, 6.07) is 15.1. The highest BCUT2D eigenvalue weighted by Gasteiger charge is 2.13. The van der Waals surface area contributed by atoms with Crippen molar-refractivity contribution >= 4 is 17.8 Å². The van der Waals surface area contributed by atoms with E-state index in [1.807, 2.05) is 29.1 Å². The van der Waals surface area contributed by atoms with Gasteiger partial charge in [-0.15, -0.1) is 0 Å². The first-order chi connectivity index (χ1) is 15.0. The summed E-state index contributed by atoms with van der Waals surface area (Å²) in [4.78, 5) is 36.2. The smallest absolute Gasteiger partial charge is 0.338 e. The Hall–Kier alpha value is -4.27. The molecule has 0 atom stereocenters. The van der Waals surface area contributed by atoms with Crippen molar-refractivity contribution in [2.24, 2.45) is 0 Å². The van der Waals surface area contributed by atoms with Crippen molar-refractivity contribution in [3.05, 3.63) is 78.1 Å². The van der Waals surface area contributed by atoms with Gasteiger partial charge in [-0.05, 0) is 54.6 Å². The van der Waals surface area contributed by atoms with Crippen molar-refractivity contribution in [3.63, 3.8) is 0 Å². The number of amides is 2. The number of hydrogen-bond acceptors (Lipinski definition) is 6. The minimum atomic E-state index is -0.689. The highest BCUT2D eigenvalue weighted by atomic mass is 16.5. The maximum atomic E-state index is 12.2. The van der Waals surface area contributed by atoms with Gasteiger partial charge < -0.3 is 18.8 Å². The monoisotopic (exact) mass is 423 g/mol. The molecule has 9 nitrogen and oxygen atoms in total. The van der Waals surface area contributed by atoms with Crippen LogP contribution in [0, 0.1) is 0 Å². The summed E-state index contributed by atoms with van der Waals surface area (Å²) >= 11 is 0. The summed E-state index contributed by atoms with van der Waals surface area (Å²) in [5, 5.41) is 0. The molecule has 0 unspecified atom stereocenters. The first-order valence-corrected chi connectivity index (χ1v) is 9.23. The number of nitrogens with zero attached hydrogens (tertiary/aromatic N) is 1. The van der Waals surface area contributed by atoms with E-state index in [1.54, 1.807) is 30.3 Å². The maximum Gasteiger partial charge on any atom is 0.338 e. The number of rotatable bonds is 7. The predicted octanol–water partition coefficient (Wildman–Crippen LogP) is 2.11. The Morgan fingerprint density at radius 1 is 0.839 bits per heavy atom. The van der Waals surface area contributed by atoms with E-state index in [4.69, 9.17) is 14.2 Å². The molecule has 1 heterocycles. The van der Waals surface area contributed by atoms with Crippen molar-refractivity contribution < 1.29 is 28.6 Å². The first-order valence-electron chi connectivity index (χ1n) is 9.23. The van der Waals surface area contributed by atoms with Gasteiger partial charge in [0, 0.05) is 23.6 Å². The number of carbonyl (C=O) groups is 3. The number of ether oxygens (including phenoxy) is 3. The van der Waals surface area contributed by atoms with E-state index >= 15 is 0 Å². The van der Waals surface area contributed by atoms with E-state index in [0.717, 1.165) is 5.69 Å². The lowest BCUT2D eigenvalue weighted by Gasteiger charge is -2.11. The molecule has 2 N–H and O–H groups in total. The maximum absolute atomic E-state index is 12.2. The van der Waals surface area contributed by atoms with Crippen molar-refractivity contribution in [2.75, 3.05) is 20.8 Å². The molecule has 0 aliphatic rings. The molecule has 3 aromatic rings. The first kappa shape index (κ1) is 21.4. The molecule has 160 valence electrons. The largest absolute Gasteiger partial charge is 0.493 e. The second-order valence-corrected chi connectivity index (χ2v) is 6.29. The Kier molecular flexibility index (Phi) is 6.89. The van der Waals surface area contributed by atoms with Crippen LogP contribution in [0.5, 0.6) is 11.5 Å². The zero-order valence-electron chi connectivity index (χ0n) is 17.0. The Bertz CT molecular complexity index is 1060. The van der Waals surface area contributed by atoms with Crippen LogP contribution in [-0.2, 0) is 9.53 Å². The minimum absolute atomic E-state index is 0.248. The fraction of sp³-hybridized carbons (Fsp3) is 0.136. The van der Waals surface area contributed by atoms with Gasteiger partial charge >= 0.3 is 5.97 Å². The molecule has 31 heavy (non-hydrogen) atoms. The summed E-state index contributed by atoms with van der Waals surface area (Å²) < 4.78 is 17.1. The quantitative estimate of drug-likeness (QED) is 0.445. The molecule has 0 spiro atoms. The lowest BCUT2D eigenvalue weighted by molar-refractivity contribution is -0.125. The third-order valence-electron chi connectivity index (χ3n) is 4.30. The van der Waals surface area contributed by atoms with E-state index in [2.05, 4.69) is 10.9 Å². The van der Waals surface area contributed by atoms with Crippen LogP contribution in [0.25, 0.3) is 5.69 Å². The third kappa shape index (κ3) is 5.41. The molecule has 0 aliphatic heterocycles. The van der Waals surface area contributed by atoms with Crippen LogP contribution in [0.3, 0.4) is 0 Å².